The van der Waals surface area contributed by atoms with Crippen LogP contribution in [0.25, 0.3) is 0 Å². The number of carbonyl (C=O) groups excluding carboxylic acids is 12. The van der Waals surface area contributed by atoms with E-state index in [0.29, 0.717) is 42.6 Å². The lowest BCUT2D eigenvalue weighted by molar-refractivity contribution is -0.154. The summed E-state index contributed by atoms with van der Waals surface area (Å²) in [5.74, 6) is -6.86. The quantitative estimate of drug-likeness (QED) is 0.0338. The molecular weight excluding hydrogens is 1330 g/mol. The molecule has 0 aromatic heterocycles. The summed E-state index contributed by atoms with van der Waals surface area (Å²) in [5.41, 5.74) is 6.74. The first kappa shape index (κ1) is 85.8. The van der Waals surface area contributed by atoms with Gasteiger partial charge in [-0.1, -0.05) is 124 Å². The lowest BCUT2D eigenvalue weighted by Crippen LogP contribution is -2.60. The highest BCUT2D eigenvalue weighted by atomic mass is 32.2. The second kappa shape index (κ2) is 42.1. The van der Waals surface area contributed by atoms with Crippen molar-refractivity contribution in [2.75, 3.05) is 78.2 Å². The predicted molar refractivity (Wildman–Crippen MR) is 387 cm³/mol. The van der Waals surface area contributed by atoms with Crippen LogP contribution in [0.4, 0.5) is 15.3 Å². The lowest BCUT2D eigenvalue weighted by Gasteiger charge is -2.41. The predicted octanol–water partition coefficient (Wildman–Crippen LogP) is 4.46. The molecular formula is C72H111N13O16S. The molecule has 2 aliphatic heterocycles. The zero-order valence-corrected chi connectivity index (χ0v) is 62.6. The Hall–Kier alpha value is -8.61. The third kappa shape index (κ3) is 25.1. The Morgan fingerprint density at radius 3 is 1.87 bits per heavy atom. The number of nitrogens with two attached hydrogens (primary N) is 1. The summed E-state index contributed by atoms with van der Waals surface area (Å²) in [4.78, 5) is 170. The van der Waals surface area contributed by atoms with E-state index >= 15 is 0 Å². The number of likely N-dealkylation sites (N-methyl/N-ethyl adjacent to an activating group) is 2. The smallest absolute Gasteiger partial charge is 0.410 e. The summed E-state index contributed by atoms with van der Waals surface area (Å²) >= 11 is 1.13. The molecule has 4 rings (SSSR count). The number of urea groups is 1. The molecule has 2 fully saturated rings. The number of benzene rings is 2. The number of rotatable bonds is 39. The van der Waals surface area contributed by atoms with Gasteiger partial charge in [-0.05, 0) is 91.7 Å². The van der Waals surface area contributed by atoms with Crippen LogP contribution in [0.3, 0.4) is 0 Å². The molecule has 13 amide bonds. The molecule has 2 aromatic carbocycles. The first-order chi connectivity index (χ1) is 48.2. The average molecular weight is 1450 g/mol. The van der Waals surface area contributed by atoms with Crippen LogP contribution in [0.5, 0.6) is 0 Å². The molecule has 2 aromatic rings. The fourth-order valence-corrected chi connectivity index (χ4v) is 13.3. The van der Waals surface area contributed by atoms with Gasteiger partial charge >= 0.3 is 12.1 Å². The number of hydrogen-bond acceptors (Lipinski definition) is 17. The van der Waals surface area contributed by atoms with Gasteiger partial charge in [-0.25, -0.2) is 9.59 Å². The number of anilines is 1. The number of carbonyl (C=O) groups is 12. The molecule has 0 radical (unpaired) electrons. The van der Waals surface area contributed by atoms with Crippen molar-refractivity contribution in [1.82, 2.24) is 56.0 Å². The van der Waals surface area contributed by atoms with Crippen molar-refractivity contribution in [2.24, 2.45) is 35.3 Å². The largest absolute Gasteiger partial charge is 0.445 e. The van der Waals surface area contributed by atoms with Crippen LogP contribution in [-0.2, 0) is 68.8 Å². The minimum absolute atomic E-state index is 0.0250. The Balaban J connectivity index is 1.37. The van der Waals surface area contributed by atoms with Gasteiger partial charge in [0.1, 0.15) is 30.8 Å². The zero-order valence-electron chi connectivity index (χ0n) is 61.8. The molecule has 12 atom stereocenters. The third-order valence-corrected chi connectivity index (χ3v) is 19.5. The minimum atomic E-state index is -1.16. The topological polar surface area (TPSA) is 370 Å². The number of methoxy groups -OCH3 is 2. The van der Waals surface area contributed by atoms with E-state index in [1.165, 1.54) is 36.0 Å². The van der Waals surface area contributed by atoms with Crippen molar-refractivity contribution in [3.63, 3.8) is 0 Å². The Kier molecular flexibility index (Phi) is 35.4. The molecule has 30 heteroatoms. The summed E-state index contributed by atoms with van der Waals surface area (Å²) in [6.07, 6.45) is 0.925. The van der Waals surface area contributed by atoms with Crippen LogP contribution >= 0.6 is 11.8 Å². The lowest BCUT2D eigenvalue weighted by atomic mass is 9.89. The van der Waals surface area contributed by atoms with Crippen LogP contribution < -0.4 is 37.6 Å². The Bertz CT molecular complexity index is 3150. The van der Waals surface area contributed by atoms with Crippen molar-refractivity contribution in [1.29, 1.82) is 0 Å². The monoisotopic (exact) mass is 1450 g/mol. The molecule has 29 nitrogen and oxygen atoms in total. The number of hydrogen-bond donors (Lipinski definition) is 8. The van der Waals surface area contributed by atoms with E-state index in [2.05, 4.69) is 45.1 Å². The van der Waals surface area contributed by atoms with E-state index in [-0.39, 0.29) is 94.0 Å². The SMILES string of the molecule is C=CC(=O)N1CN(C(=O)C=C)CN(C(=O)CCSCC(=O)N[C@H](C(=O)NC(CCCNC(N)=O)C(=O)Nc2ccc(COC(=O)N(C)[C@H](C(=O)N[C@H](C(=O)N(C)[C@@H]([C@@H](C)CC)[C@@H](CC(=O)N3CCC[C@H]3[C@H](OC)[C@@H](C)C(=O)N[C@H](C)[C@@H](O)c3ccccc3)OC)C(C)C)C(C)C)cc2)C(C)C)C1. The molecule has 1 unspecified atom stereocenters. The summed E-state index contributed by atoms with van der Waals surface area (Å²) in [7, 11) is 6.05. The molecule has 0 bridgehead atoms. The number of thioether (sulfide) groups is 1. The van der Waals surface area contributed by atoms with Crippen LogP contribution in [0.1, 0.15) is 131 Å². The van der Waals surface area contributed by atoms with Crippen LogP contribution in [-0.4, -0.2) is 233 Å². The van der Waals surface area contributed by atoms with Gasteiger partial charge in [-0.3, -0.25) is 52.8 Å². The van der Waals surface area contributed by atoms with Crippen LogP contribution in [0.15, 0.2) is 79.9 Å². The molecule has 0 saturated carbocycles. The summed E-state index contributed by atoms with van der Waals surface area (Å²) in [6.45, 7) is 25.0. The van der Waals surface area contributed by atoms with Crippen molar-refractivity contribution >= 4 is 88.6 Å². The van der Waals surface area contributed by atoms with E-state index in [1.54, 1.807) is 109 Å². The van der Waals surface area contributed by atoms with E-state index in [0.717, 1.165) is 28.8 Å². The van der Waals surface area contributed by atoms with Gasteiger partial charge < -0.3 is 81.5 Å². The molecule has 2 aliphatic rings. The summed E-state index contributed by atoms with van der Waals surface area (Å²) in [5, 5.41) is 27.5. The van der Waals surface area contributed by atoms with Gasteiger partial charge in [-0.15, -0.1) is 0 Å². The van der Waals surface area contributed by atoms with Gasteiger partial charge in [0.05, 0.1) is 74.5 Å². The van der Waals surface area contributed by atoms with Crippen LogP contribution in [0.2, 0.25) is 0 Å². The number of nitrogens with one attached hydrogen (secondary N) is 6. The van der Waals surface area contributed by atoms with Gasteiger partial charge in [-0.2, -0.15) is 11.8 Å². The molecule has 2 saturated heterocycles. The highest BCUT2D eigenvalue weighted by Gasteiger charge is 2.44. The highest BCUT2D eigenvalue weighted by Crippen LogP contribution is 2.31. The molecule has 0 aliphatic carbocycles. The van der Waals surface area contributed by atoms with E-state index in [9.17, 15) is 62.6 Å². The summed E-state index contributed by atoms with van der Waals surface area (Å²) < 4.78 is 17.8. The first-order valence-electron chi connectivity index (χ1n) is 34.8. The highest BCUT2D eigenvalue weighted by molar-refractivity contribution is 7.99. The molecule has 9 N–H and O–H groups in total. The molecule has 0 spiro atoms. The van der Waals surface area contributed by atoms with Crippen molar-refractivity contribution in [3.8, 4) is 0 Å². The number of likely N-dealkylation sites (tertiary alicyclic amines) is 1. The van der Waals surface area contributed by atoms with Crippen molar-refractivity contribution in [2.45, 2.75) is 181 Å². The maximum absolute atomic E-state index is 14.8. The molecule has 102 heavy (non-hydrogen) atoms. The van der Waals surface area contributed by atoms with E-state index < -0.39 is 138 Å². The summed E-state index contributed by atoms with van der Waals surface area (Å²) in [6, 6.07) is 8.45. The number of amides is 13. The number of aliphatic hydroxyl groups excluding tert-OH is 1. The standard InChI is InChI=1S/C72H111N13O16S/c1-17-46(10)63(54(99-15)37-59(90)85-35-24-28-53(85)65(100-16)47(11)66(92)75-48(12)64(91)50-25-21-20-22-26-50)80(13)70(96)61(44(6)7)79-69(95)62(45(8)9)81(14)72(98)101-38-49-29-31-51(32-30-49)76-67(93)52(27-23-34-74-71(73)97)77-68(94)60(43(4)5)78-55(86)39-102-36-33-58(89)84-41-82(56(87)18-2)40-83(42-84)57(88)19-3/h18-22,25-26,29-32,43-48,52-54,60-65,91H,2-3,17,23-24,27-28,33-42H2,1,4-16H3,(H,75,92)(H,76,93)(H,77,94)(H,78,86)(H,79,95)(H3,73,74,97)/t46-,47+,48+,52?,53-,54+,60-,61-,62-,63-,64+,65+/m0/s1. The fraction of sp³-hybridized carbons (Fsp3) is 0.611. The number of ether oxygens (including phenoxy) is 3. The fourth-order valence-electron chi connectivity index (χ4n) is 12.6. The normalized spacial score (nSPS) is 17.1. The maximum Gasteiger partial charge on any atom is 0.410 e. The average Bonchev–Trinajstić information content (AvgIpc) is 1.43. The Morgan fingerprint density at radius 2 is 1.32 bits per heavy atom. The zero-order chi connectivity index (χ0) is 76.2. The first-order valence-corrected chi connectivity index (χ1v) is 36.0. The van der Waals surface area contributed by atoms with Gasteiger partial charge in [0, 0.05) is 59.3 Å². The number of nitrogens with zero attached hydrogens (tertiary/aromatic N) is 6. The van der Waals surface area contributed by atoms with Gasteiger partial charge in [0.15, 0.2) is 0 Å². The van der Waals surface area contributed by atoms with Crippen LogP contribution in [0, 0.1) is 29.6 Å². The molecule has 2 heterocycles. The second-order valence-corrected chi connectivity index (χ2v) is 28.2. The van der Waals surface area contributed by atoms with Crippen molar-refractivity contribution < 1.29 is 76.9 Å². The minimum Gasteiger partial charge on any atom is -0.445 e. The Labute approximate surface area is 604 Å². The van der Waals surface area contributed by atoms with E-state index in [1.807, 2.05) is 32.0 Å². The van der Waals surface area contributed by atoms with Gasteiger partial charge in [0.25, 0.3) is 0 Å². The molecule has 566 valence electrons. The van der Waals surface area contributed by atoms with Crippen molar-refractivity contribution in [3.05, 3.63) is 91.0 Å². The second-order valence-electron chi connectivity index (χ2n) is 27.1. The van der Waals surface area contributed by atoms with E-state index in [4.69, 9.17) is 19.9 Å². The Morgan fingerprint density at radius 1 is 0.716 bits per heavy atom. The van der Waals surface area contributed by atoms with Gasteiger partial charge in [0.2, 0.25) is 59.1 Å². The third-order valence-electron chi connectivity index (χ3n) is 18.6. The maximum atomic E-state index is 14.8. The number of primary amides is 1. The number of aliphatic hydroxyl groups is 1.